The Morgan fingerprint density at radius 1 is 0.947 bits per heavy atom. The van der Waals surface area contributed by atoms with E-state index in [1.54, 1.807) is 6.07 Å². The molecular formula is C16H12N2O. The molecule has 0 saturated heterocycles. The molecule has 0 radical (unpaired) electrons. The van der Waals surface area contributed by atoms with Crippen LogP contribution in [0.25, 0.3) is 22.0 Å². The van der Waals surface area contributed by atoms with Crippen LogP contribution in [0.3, 0.4) is 0 Å². The molecule has 92 valence electrons. The van der Waals surface area contributed by atoms with E-state index in [0.29, 0.717) is 0 Å². The summed E-state index contributed by atoms with van der Waals surface area (Å²) in [6, 6.07) is 15.9. The van der Waals surface area contributed by atoms with Gasteiger partial charge in [0.1, 0.15) is 0 Å². The first-order valence-electron chi connectivity index (χ1n) is 6.25. The highest BCUT2D eigenvalue weighted by atomic mass is 16.1. The van der Waals surface area contributed by atoms with Crippen LogP contribution in [0.1, 0.15) is 0 Å². The van der Waals surface area contributed by atoms with Gasteiger partial charge in [-0.15, -0.1) is 0 Å². The molecule has 4 rings (SSSR count). The zero-order valence-electron chi connectivity index (χ0n) is 10.5. The van der Waals surface area contributed by atoms with Gasteiger partial charge in [0.2, 0.25) is 5.56 Å². The molecule has 0 unspecified atom stereocenters. The first-order valence-corrected chi connectivity index (χ1v) is 6.25. The minimum atomic E-state index is -0.0565. The Hall–Kier alpha value is -2.55. The maximum atomic E-state index is 11.8. The summed E-state index contributed by atoms with van der Waals surface area (Å²) in [5.41, 5.74) is 5.22. The molecule has 2 heterocycles. The van der Waals surface area contributed by atoms with Gasteiger partial charge in [0, 0.05) is 35.3 Å². The molecule has 19 heavy (non-hydrogen) atoms. The van der Waals surface area contributed by atoms with Gasteiger partial charge in [0.15, 0.2) is 0 Å². The lowest BCUT2D eigenvalue weighted by Crippen LogP contribution is -2.17. The lowest BCUT2D eigenvalue weighted by atomic mass is 9.94. The van der Waals surface area contributed by atoms with Crippen LogP contribution in [0.15, 0.2) is 53.3 Å². The standard InChI is InChI=1S/C16H12N2O/c1-18-13-7-3-2-5-10(13)11-9-15(19)17-12-6-4-8-14(18)16(11)12/h2-9H,1H3,(H,17,19). The van der Waals surface area contributed by atoms with Gasteiger partial charge in [-0.1, -0.05) is 24.3 Å². The third-order valence-corrected chi connectivity index (χ3v) is 3.76. The summed E-state index contributed by atoms with van der Waals surface area (Å²) < 4.78 is 0. The number of nitrogens with zero attached hydrogens (tertiary/aromatic N) is 1. The number of para-hydroxylation sites is 1. The largest absolute Gasteiger partial charge is 0.344 e. The van der Waals surface area contributed by atoms with Crippen LogP contribution < -0.4 is 10.5 Å². The van der Waals surface area contributed by atoms with Crippen molar-refractivity contribution in [2.75, 3.05) is 11.9 Å². The molecule has 0 fully saturated rings. The summed E-state index contributed by atoms with van der Waals surface area (Å²) in [6.07, 6.45) is 0. The number of anilines is 2. The van der Waals surface area contributed by atoms with Crippen molar-refractivity contribution in [3.8, 4) is 11.1 Å². The minimum absolute atomic E-state index is 0.0565. The predicted octanol–water partition coefficient (Wildman–Crippen LogP) is 3.28. The molecule has 1 N–H and O–H groups in total. The number of H-pyrrole nitrogens is 1. The fourth-order valence-corrected chi connectivity index (χ4v) is 2.92. The molecule has 0 aliphatic carbocycles. The quantitative estimate of drug-likeness (QED) is 0.662. The fraction of sp³-hybridized carbons (Fsp3) is 0.0625. The van der Waals surface area contributed by atoms with Crippen molar-refractivity contribution in [1.29, 1.82) is 0 Å². The van der Waals surface area contributed by atoms with E-state index in [1.807, 2.05) is 24.3 Å². The molecule has 0 amide bonds. The average Bonchev–Trinajstić information content (AvgIpc) is 2.44. The Labute approximate surface area is 110 Å². The Bertz CT molecular complexity index is 864. The van der Waals surface area contributed by atoms with Crippen LogP contribution in [0, 0.1) is 0 Å². The molecule has 0 spiro atoms. The van der Waals surface area contributed by atoms with Crippen molar-refractivity contribution in [3.05, 3.63) is 58.9 Å². The SMILES string of the molecule is CN1c2ccccc2-c2cc(=O)[nH]c3cccc1c23. The van der Waals surface area contributed by atoms with Crippen molar-refractivity contribution in [3.63, 3.8) is 0 Å². The van der Waals surface area contributed by atoms with E-state index in [4.69, 9.17) is 0 Å². The van der Waals surface area contributed by atoms with Crippen LogP contribution >= 0.6 is 0 Å². The molecule has 1 aliphatic rings. The molecule has 0 bridgehead atoms. The number of benzene rings is 2. The van der Waals surface area contributed by atoms with E-state index in [1.165, 1.54) is 0 Å². The lowest BCUT2D eigenvalue weighted by molar-refractivity contribution is 1.20. The van der Waals surface area contributed by atoms with Gasteiger partial charge in [-0.05, 0) is 18.2 Å². The average molecular weight is 248 g/mol. The first kappa shape index (κ1) is 10.4. The molecule has 2 aromatic carbocycles. The number of aromatic amines is 1. The van der Waals surface area contributed by atoms with Crippen molar-refractivity contribution in [2.45, 2.75) is 0 Å². The summed E-state index contributed by atoms with van der Waals surface area (Å²) in [5.74, 6) is 0. The number of hydrogen-bond acceptors (Lipinski definition) is 2. The first-order chi connectivity index (χ1) is 9.25. The van der Waals surface area contributed by atoms with Crippen molar-refractivity contribution in [2.24, 2.45) is 0 Å². The molecule has 1 aromatic heterocycles. The third kappa shape index (κ3) is 1.30. The molecule has 0 atom stereocenters. The van der Waals surface area contributed by atoms with E-state index in [0.717, 1.165) is 33.4 Å². The molecule has 3 nitrogen and oxygen atoms in total. The molecule has 1 aliphatic heterocycles. The van der Waals surface area contributed by atoms with Gasteiger partial charge in [-0.3, -0.25) is 4.79 Å². The highest BCUT2D eigenvalue weighted by Gasteiger charge is 2.22. The molecule has 3 aromatic rings. The smallest absolute Gasteiger partial charge is 0.249 e. The number of rotatable bonds is 0. The Morgan fingerprint density at radius 2 is 1.74 bits per heavy atom. The van der Waals surface area contributed by atoms with Crippen molar-refractivity contribution >= 4 is 22.3 Å². The second-order valence-electron chi connectivity index (χ2n) is 4.82. The zero-order valence-corrected chi connectivity index (χ0v) is 10.5. The van der Waals surface area contributed by atoms with E-state index < -0.39 is 0 Å². The van der Waals surface area contributed by atoms with Crippen molar-refractivity contribution in [1.82, 2.24) is 4.98 Å². The van der Waals surface area contributed by atoms with Crippen LogP contribution in [0.2, 0.25) is 0 Å². The van der Waals surface area contributed by atoms with Gasteiger partial charge < -0.3 is 9.88 Å². The van der Waals surface area contributed by atoms with Gasteiger partial charge in [0.05, 0.1) is 11.2 Å². The molecular weight excluding hydrogens is 236 g/mol. The van der Waals surface area contributed by atoms with E-state index >= 15 is 0 Å². The number of nitrogens with one attached hydrogen (secondary N) is 1. The highest BCUT2D eigenvalue weighted by molar-refractivity contribution is 6.10. The van der Waals surface area contributed by atoms with Crippen molar-refractivity contribution < 1.29 is 0 Å². The summed E-state index contributed by atoms with van der Waals surface area (Å²) in [7, 11) is 2.06. The number of aromatic nitrogens is 1. The minimum Gasteiger partial charge on any atom is -0.344 e. The Morgan fingerprint density at radius 3 is 2.63 bits per heavy atom. The maximum Gasteiger partial charge on any atom is 0.249 e. The third-order valence-electron chi connectivity index (χ3n) is 3.76. The van der Waals surface area contributed by atoms with E-state index in [9.17, 15) is 4.79 Å². The molecule has 3 heteroatoms. The van der Waals surface area contributed by atoms with Gasteiger partial charge >= 0.3 is 0 Å². The number of pyridine rings is 1. The summed E-state index contributed by atoms with van der Waals surface area (Å²) in [6.45, 7) is 0. The maximum absolute atomic E-state index is 11.8. The van der Waals surface area contributed by atoms with Crippen LogP contribution in [0.4, 0.5) is 11.4 Å². The highest BCUT2D eigenvalue weighted by Crippen LogP contribution is 2.45. The van der Waals surface area contributed by atoms with Crippen LogP contribution in [-0.2, 0) is 0 Å². The summed E-state index contributed by atoms with van der Waals surface area (Å²) in [4.78, 5) is 16.9. The van der Waals surface area contributed by atoms with E-state index in [-0.39, 0.29) is 5.56 Å². The van der Waals surface area contributed by atoms with Gasteiger partial charge in [-0.25, -0.2) is 0 Å². The van der Waals surface area contributed by atoms with Crippen LogP contribution in [-0.4, -0.2) is 12.0 Å². The topological polar surface area (TPSA) is 36.1 Å². The predicted molar refractivity (Wildman–Crippen MR) is 78.1 cm³/mol. The second kappa shape index (κ2) is 3.48. The second-order valence-corrected chi connectivity index (χ2v) is 4.82. The number of hydrogen-bond donors (Lipinski definition) is 1. The van der Waals surface area contributed by atoms with Gasteiger partial charge in [0.25, 0.3) is 0 Å². The Balaban J connectivity index is 2.28. The number of fused-ring (bicyclic) bond motifs is 2. The molecule has 0 saturated carbocycles. The Kier molecular flexibility index (Phi) is 1.90. The zero-order chi connectivity index (χ0) is 13.0. The summed E-state index contributed by atoms with van der Waals surface area (Å²) in [5, 5.41) is 1.11. The summed E-state index contributed by atoms with van der Waals surface area (Å²) >= 11 is 0. The fourth-order valence-electron chi connectivity index (χ4n) is 2.92. The lowest BCUT2D eigenvalue weighted by Gasteiger charge is -2.29. The van der Waals surface area contributed by atoms with E-state index in [2.05, 4.69) is 35.1 Å². The van der Waals surface area contributed by atoms with Crippen LogP contribution in [0.5, 0.6) is 0 Å². The monoisotopic (exact) mass is 248 g/mol. The van der Waals surface area contributed by atoms with Gasteiger partial charge in [-0.2, -0.15) is 0 Å². The normalized spacial score (nSPS) is 12.6.